The zero-order valence-corrected chi connectivity index (χ0v) is 18.0. The van der Waals surface area contributed by atoms with Crippen molar-refractivity contribution in [1.82, 2.24) is 14.8 Å². The third kappa shape index (κ3) is 6.78. The van der Waals surface area contributed by atoms with Crippen molar-refractivity contribution in [3.63, 3.8) is 0 Å². The molecule has 0 aliphatic rings. The average Bonchev–Trinajstić information content (AvgIpc) is 2.97. The van der Waals surface area contributed by atoms with Gasteiger partial charge in [-0.25, -0.2) is 4.99 Å². The molecule has 0 radical (unpaired) electrons. The van der Waals surface area contributed by atoms with Gasteiger partial charge in [0.25, 0.3) is 0 Å². The predicted octanol–water partition coefficient (Wildman–Crippen LogP) is 3.77. The van der Waals surface area contributed by atoms with E-state index in [1.165, 1.54) is 5.69 Å². The first-order valence-corrected chi connectivity index (χ1v) is 8.46. The molecule has 1 aromatic heterocycles. The fourth-order valence-corrected chi connectivity index (χ4v) is 2.51. The number of ether oxygens (including phenoxy) is 1. The molecule has 2 aromatic rings. The van der Waals surface area contributed by atoms with Gasteiger partial charge in [0.2, 0.25) is 0 Å². The highest BCUT2D eigenvalue weighted by Gasteiger charge is 2.08. The summed E-state index contributed by atoms with van der Waals surface area (Å²) in [6, 6.07) is 11.6. The quantitative estimate of drug-likeness (QED) is 0.286. The highest BCUT2D eigenvalue weighted by atomic mass is 127. The standard InChI is InChI=1S/C18H25ClN4O.HI/c1-4-20-18(23(3)14-15-8-7-12-22(15)2)21-11-13-24-17-10-6-5-9-16(17)19;/h5-10,12H,4,11,13-14H2,1-3H3,(H,20,21);1H. The summed E-state index contributed by atoms with van der Waals surface area (Å²) in [5.74, 6) is 1.55. The van der Waals surface area contributed by atoms with Gasteiger partial charge in [0.15, 0.2) is 5.96 Å². The number of rotatable bonds is 7. The first-order chi connectivity index (χ1) is 11.6. The van der Waals surface area contributed by atoms with Crippen LogP contribution in [-0.4, -0.2) is 42.2 Å². The molecule has 25 heavy (non-hydrogen) atoms. The predicted molar refractivity (Wildman–Crippen MR) is 115 cm³/mol. The van der Waals surface area contributed by atoms with Crippen LogP contribution in [-0.2, 0) is 13.6 Å². The number of aliphatic imine (C=N–C) groups is 1. The highest BCUT2D eigenvalue weighted by Crippen LogP contribution is 2.22. The maximum absolute atomic E-state index is 6.08. The number of nitrogens with zero attached hydrogens (tertiary/aromatic N) is 3. The number of para-hydroxylation sites is 1. The summed E-state index contributed by atoms with van der Waals surface area (Å²) in [5.41, 5.74) is 1.23. The maximum atomic E-state index is 6.08. The number of guanidine groups is 1. The van der Waals surface area contributed by atoms with Gasteiger partial charge in [0, 0.05) is 32.5 Å². The lowest BCUT2D eigenvalue weighted by Crippen LogP contribution is -2.39. The van der Waals surface area contributed by atoms with Crippen LogP contribution in [0, 0.1) is 0 Å². The molecule has 138 valence electrons. The molecule has 0 amide bonds. The third-order valence-corrected chi connectivity index (χ3v) is 3.91. The van der Waals surface area contributed by atoms with Gasteiger partial charge in [0.05, 0.1) is 18.1 Å². The number of aromatic nitrogens is 1. The van der Waals surface area contributed by atoms with Gasteiger partial charge in [-0.05, 0) is 31.2 Å². The SMILES string of the molecule is CCNC(=NCCOc1ccccc1Cl)N(C)Cc1cccn1C.I. The Labute approximate surface area is 172 Å². The fourth-order valence-electron chi connectivity index (χ4n) is 2.32. The summed E-state index contributed by atoms with van der Waals surface area (Å²) in [5, 5.41) is 3.93. The monoisotopic (exact) mass is 476 g/mol. The Balaban J connectivity index is 0.00000312. The van der Waals surface area contributed by atoms with Gasteiger partial charge in [-0.1, -0.05) is 23.7 Å². The molecule has 2 rings (SSSR count). The minimum atomic E-state index is 0. The van der Waals surface area contributed by atoms with Gasteiger partial charge >= 0.3 is 0 Å². The van der Waals surface area contributed by atoms with E-state index < -0.39 is 0 Å². The van der Waals surface area contributed by atoms with Crippen LogP contribution < -0.4 is 10.1 Å². The Kier molecular flexibility index (Phi) is 9.74. The molecule has 7 heteroatoms. The van der Waals surface area contributed by atoms with E-state index in [2.05, 4.69) is 32.8 Å². The minimum Gasteiger partial charge on any atom is -0.490 e. The lowest BCUT2D eigenvalue weighted by atomic mass is 10.3. The van der Waals surface area contributed by atoms with Gasteiger partial charge in [0.1, 0.15) is 12.4 Å². The number of hydrogen-bond donors (Lipinski definition) is 1. The molecular weight excluding hydrogens is 451 g/mol. The summed E-state index contributed by atoms with van der Waals surface area (Å²) < 4.78 is 7.79. The summed E-state index contributed by atoms with van der Waals surface area (Å²) >= 11 is 6.08. The number of halogens is 2. The highest BCUT2D eigenvalue weighted by molar-refractivity contribution is 14.0. The van der Waals surface area contributed by atoms with E-state index in [0.717, 1.165) is 19.0 Å². The molecule has 0 saturated heterocycles. The zero-order valence-electron chi connectivity index (χ0n) is 14.9. The van der Waals surface area contributed by atoms with Crippen LogP contribution >= 0.6 is 35.6 Å². The molecule has 1 aromatic carbocycles. The van der Waals surface area contributed by atoms with Gasteiger partial charge in [-0.15, -0.1) is 24.0 Å². The summed E-state index contributed by atoms with van der Waals surface area (Å²) in [4.78, 5) is 6.73. The Bertz CT molecular complexity index is 675. The maximum Gasteiger partial charge on any atom is 0.194 e. The molecule has 0 fully saturated rings. The Morgan fingerprint density at radius 1 is 1.28 bits per heavy atom. The van der Waals surface area contributed by atoms with E-state index in [0.29, 0.717) is 23.9 Å². The Hall–Kier alpha value is -1.41. The summed E-state index contributed by atoms with van der Waals surface area (Å²) in [6.45, 7) is 4.72. The second-order valence-electron chi connectivity index (χ2n) is 5.48. The van der Waals surface area contributed by atoms with Crippen LogP contribution in [0.15, 0.2) is 47.6 Å². The first kappa shape index (κ1) is 21.6. The van der Waals surface area contributed by atoms with Gasteiger partial charge in [-0.2, -0.15) is 0 Å². The molecule has 5 nitrogen and oxygen atoms in total. The van der Waals surface area contributed by atoms with E-state index in [9.17, 15) is 0 Å². The molecular formula is C18H26ClIN4O. The molecule has 0 spiro atoms. The Morgan fingerprint density at radius 2 is 2.04 bits per heavy atom. The van der Waals surface area contributed by atoms with Crippen LogP contribution in [0.25, 0.3) is 0 Å². The summed E-state index contributed by atoms with van der Waals surface area (Å²) in [6.07, 6.45) is 2.05. The molecule has 0 aliphatic heterocycles. The third-order valence-electron chi connectivity index (χ3n) is 3.59. The molecule has 0 aliphatic carbocycles. The zero-order chi connectivity index (χ0) is 17.4. The van der Waals surface area contributed by atoms with Crippen molar-refractivity contribution in [2.75, 3.05) is 26.7 Å². The molecule has 0 saturated carbocycles. The van der Waals surface area contributed by atoms with Crippen LogP contribution in [0.2, 0.25) is 5.02 Å². The van der Waals surface area contributed by atoms with E-state index in [1.807, 2.05) is 50.6 Å². The topological polar surface area (TPSA) is 41.8 Å². The minimum absolute atomic E-state index is 0. The van der Waals surface area contributed by atoms with Crippen molar-refractivity contribution < 1.29 is 4.74 Å². The lowest BCUT2D eigenvalue weighted by Gasteiger charge is -2.22. The van der Waals surface area contributed by atoms with Gasteiger partial charge < -0.3 is 19.5 Å². The van der Waals surface area contributed by atoms with E-state index >= 15 is 0 Å². The van der Waals surface area contributed by atoms with E-state index in [4.69, 9.17) is 16.3 Å². The molecule has 1 N–H and O–H groups in total. The summed E-state index contributed by atoms with van der Waals surface area (Å²) in [7, 11) is 4.08. The van der Waals surface area contributed by atoms with Crippen molar-refractivity contribution in [3.05, 3.63) is 53.3 Å². The van der Waals surface area contributed by atoms with Crippen molar-refractivity contribution in [3.8, 4) is 5.75 Å². The largest absolute Gasteiger partial charge is 0.490 e. The number of aryl methyl sites for hydroxylation is 1. The molecule has 1 heterocycles. The lowest BCUT2D eigenvalue weighted by molar-refractivity contribution is 0.327. The Morgan fingerprint density at radius 3 is 2.68 bits per heavy atom. The first-order valence-electron chi connectivity index (χ1n) is 8.08. The van der Waals surface area contributed by atoms with Crippen LogP contribution in [0.1, 0.15) is 12.6 Å². The van der Waals surface area contributed by atoms with E-state index in [-0.39, 0.29) is 24.0 Å². The van der Waals surface area contributed by atoms with Crippen molar-refractivity contribution in [1.29, 1.82) is 0 Å². The van der Waals surface area contributed by atoms with Crippen LogP contribution in [0.4, 0.5) is 0 Å². The second kappa shape index (κ2) is 11.3. The second-order valence-corrected chi connectivity index (χ2v) is 5.89. The van der Waals surface area contributed by atoms with Crippen molar-refractivity contribution in [2.45, 2.75) is 13.5 Å². The number of benzene rings is 1. The smallest absolute Gasteiger partial charge is 0.194 e. The van der Waals surface area contributed by atoms with Crippen molar-refractivity contribution in [2.24, 2.45) is 12.0 Å². The van der Waals surface area contributed by atoms with Crippen molar-refractivity contribution >= 4 is 41.5 Å². The number of nitrogens with one attached hydrogen (secondary N) is 1. The molecule has 0 unspecified atom stereocenters. The molecule has 0 bridgehead atoms. The number of hydrogen-bond acceptors (Lipinski definition) is 2. The van der Waals surface area contributed by atoms with Crippen LogP contribution in [0.3, 0.4) is 0 Å². The molecule has 0 atom stereocenters. The fraction of sp³-hybridized carbons (Fsp3) is 0.389. The van der Waals surface area contributed by atoms with E-state index in [1.54, 1.807) is 0 Å². The normalized spacial score (nSPS) is 11.0. The van der Waals surface area contributed by atoms with Crippen LogP contribution in [0.5, 0.6) is 5.75 Å². The van der Waals surface area contributed by atoms with Gasteiger partial charge in [-0.3, -0.25) is 0 Å². The average molecular weight is 477 g/mol.